The van der Waals surface area contributed by atoms with Gasteiger partial charge >= 0.3 is 0 Å². The Bertz CT molecular complexity index is 294. The average Bonchev–Trinajstić information content (AvgIpc) is 2.04. The van der Waals surface area contributed by atoms with Crippen LogP contribution in [0.25, 0.3) is 0 Å². The fourth-order valence-corrected chi connectivity index (χ4v) is 0.930. The monoisotopic (exact) mass is 164 g/mol. The molecule has 1 aromatic rings. The molecule has 1 rings (SSSR count). The molecule has 64 valence electrons. The van der Waals surface area contributed by atoms with E-state index in [1.54, 1.807) is 12.1 Å². The fraction of sp³-hybridized carbons (Fsp3) is 0.222. The first-order valence-electron chi connectivity index (χ1n) is 3.66. The van der Waals surface area contributed by atoms with E-state index in [-0.39, 0.29) is 10.6 Å². The van der Waals surface area contributed by atoms with Crippen molar-refractivity contribution in [1.82, 2.24) is 0 Å². The van der Waals surface area contributed by atoms with Crippen molar-refractivity contribution in [3.63, 3.8) is 0 Å². The van der Waals surface area contributed by atoms with E-state index < -0.39 is 0 Å². The second-order valence-corrected chi connectivity index (χ2v) is 2.81. The van der Waals surface area contributed by atoms with Crippen molar-refractivity contribution in [2.75, 3.05) is 0 Å². The Morgan fingerprint density at radius 2 is 2.08 bits per heavy atom. The molecule has 0 bridgehead atoms. The lowest BCUT2D eigenvalue weighted by Gasteiger charge is -2.13. The molecular formula is C9H10NO2-. The van der Waals surface area contributed by atoms with Crippen molar-refractivity contribution in [2.45, 2.75) is 13.8 Å². The number of rotatable bonds is 2. The molecule has 0 heterocycles. The maximum atomic E-state index is 10.4. The molecule has 12 heavy (non-hydrogen) atoms. The van der Waals surface area contributed by atoms with Crippen LogP contribution >= 0.6 is 0 Å². The summed E-state index contributed by atoms with van der Waals surface area (Å²) in [6.45, 7) is 3.86. The van der Waals surface area contributed by atoms with Crippen LogP contribution in [0.5, 0.6) is 0 Å². The lowest BCUT2D eigenvalue weighted by molar-refractivity contribution is -0.384. The average molecular weight is 164 g/mol. The molecule has 0 aliphatic rings. The van der Waals surface area contributed by atoms with Crippen LogP contribution in [-0.2, 0) is 0 Å². The summed E-state index contributed by atoms with van der Waals surface area (Å²) in [5.74, 6) is 1.08. The summed E-state index contributed by atoms with van der Waals surface area (Å²) in [4.78, 5) is 9.99. The summed E-state index contributed by atoms with van der Waals surface area (Å²) in [5.41, 5.74) is 1.07. The molecule has 0 saturated carbocycles. The summed E-state index contributed by atoms with van der Waals surface area (Å²) in [7, 11) is 0. The summed E-state index contributed by atoms with van der Waals surface area (Å²) >= 11 is 0. The van der Waals surface area contributed by atoms with Gasteiger partial charge in [-0.25, -0.2) is 0 Å². The molecule has 0 radical (unpaired) electrons. The molecule has 0 amide bonds. The first kappa shape index (κ1) is 8.59. The smallest absolute Gasteiger partial charge is 0.216 e. The normalized spacial score (nSPS) is 9.50. The van der Waals surface area contributed by atoms with Crippen molar-refractivity contribution in [3.05, 3.63) is 45.9 Å². The Labute approximate surface area is 71.2 Å². The van der Waals surface area contributed by atoms with Crippen molar-refractivity contribution >= 4 is 5.69 Å². The van der Waals surface area contributed by atoms with Crippen LogP contribution in [0.3, 0.4) is 0 Å². The molecular weight excluding hydrogens is 154 g/mol. The molecule has 0 aromatic heterocycles. The van der Waals surface area contributed by atoms with Crippen molar-refractivity contribution in [3.8, 4) is 0 Å². The highest BCUT2D eigenvalue weighted by Crippen LogP contribution is 2.18. The van der Waals surface area contributed by atoms with Crippen LogP contribution < -0.4 is 0 Å². The number of hydrogen-bond donors (Lipinski definition) is 0. The van der Waals surface area contributed by atoms with E-state index in [9.17, 15) is 10.1 Å². The van der Waals surface area contributed by atoms with E-state index >= 15 is 0 Å². The van der Waals surface area contributed by atoms with E-state index in [4.69, 9.17) is 0 Å². The third-order valence-corrected chi connectivity index (χ3v) is 1.63. The molecule has 0 fully saturated rings. The van der Waals surface area contributed by atoms with E-state index in [0.717, 1.165) is 11.5 Å². The number of benzene rings is 1. The van der Waals surface area contributed by atoms with Gasteiger partial charge in [0.1, 0.15) is 0 Å². The standard InChI is InChI=1S/C9H10NO2/c1-7(2)8-4-3-5-9(6-8)10(11)12/h3-6H,1-2H3/q-1. The zero-order valence-electron chi connectivity index (χ0n) is 7.07. The van der Waals surface area contributed by atoms with Crippen molar-refractivity contribution in [1.29, 1.82) is 0 Å². The zero-order valence-corrected chi connectivity index (χ0v) is 7.07. The summed E-state index contributed by atoms with van der Waals surface area (Å²) in [6, 6.07) is 6.63. The molecule has 0 aliphatic carbocycles. The molecule has 0 unspecified atom stereocenters. The van der Waals surface area contributed by atoms with Crippen LogP contribution in [0.2, 0.25) is 0 Å². The van der Waals surface area contributed by atoms with Gasteiger partial charge in [-0.05, 0) is 6.07 Å². The van der Waals surface area contributed by atoms with Gasteiger partial charge in [0.05, 0.1) is 0 Å². The molecule has 3 nitrogen and oxygen atoms in total. The number of non-ortho nitro benzene ring substituents is 1. The van der Waals surface area contributed by atoms with Gasteiger partial charge in [0.25, 0.3) is 0 Å². The molecule has 0 spiro atoms. The minimum Gasteiger partial charge on any atom is -0.259 e. The number of nitrogens with zero attached hydrogens (tertiary/aromatic N) is 1. The first-order chi connectivity index (χ1) is 5.61. The Kier molecular flexibility index (Phi) is 2.33. The van der Waals surface area contributed by atoms with E-state index in [2.05, 4.69) is 0 Å². The van der Waals surface area contributed by atoms with Gasteiger partial charge in [-0.3, -0.25) is 10.1 Å². The maximum absolute atomic E-state index is 10.4. The topological polar surface area (TPSA) is 43.1 Å². The highest BCUT2D eigenvalue weighted by molar-refractivity contribution is 5.39. The molecule has 0 N–H and O–H groups in total. The first-order valence-corrected chi connectivity index (χ1v) is 3.66. The third-order valence-electron chi connectivity index (χ3n) is 1.63. The maximum Gasteiger partial charge on any atom is 0.216 e. The minimum atomic E-state index is -0.383. The van der Waals surface area contributed by atoms with Crippen molar-refractivity contribution in [2.24, 2.45) is 0 Å². The highest BCUT2D eigenvalue weighted by Gasteiger charge is 1.99. The van der Waals surface area contributed by atoms with E-state index in [1.165, 1.54) is 6.07 Å². The SMILES string of the molecule is C[C-](C)c1cccc([N+](=O)[O-])c1. The fourth-order valence-electron chi connectivity index (χ4n) is 0.930. The highest BCUT2D eigenvalue weighted by atomic mass is 16.6. The lowest BCUT2D eigenvalue weighted by Crippen LogP contribution is -1.92. The number of nitro groups is 1. The summed E-state index contributed by atoms with van der Waals surface area (Å²) < 4.78 is 0. The molecule has 0 aliphatic heterocycles. The Morgan fingerprint density at radius 3 is 2.58 bits per heavy atom. The van der Waals surface area contributed by atoms with Gasteiger partial charge in [0, 0.05) is 4.92 Å². The van der Waals surface area contributed by atoms with Crippen LogP contribution in [-0.4, -0.2) is 4.92 Å². The largest absolute Gasteiger partial charge is 0.259 e. The lowest BCUT2D eigenvalue weighted by atomic mass is 10.0. The van der Waals surface area contributed by atoms with Crippen LogP contribution in [0.1, 0.15) is 19.4 Å². The molecule has 3 heteroatoms. The van der Waals surface area contributed by atoms with Gasteiger partial charge in [0.15, 0.2) is 0 Å². The number of hydrogen-bond acceptors (Lipinski definition) is 2. The Hall–Kier alpha value is -1.51. The van der Waals surface area contributed by atoms with Gasteiger partial charge in [-0.2, -0.15) is 17.5 Å². The molecule has 0 atom stereocenters. The second-order valence-electron chi connectivity index (χ2n) is 2.81. The summed E-state index contributed by atoms with van der Waals surface area (Å²) in [5, 5.41) is 10.4. The van der Waals surface area contributed by atoms with Crippen LogP contribution in [0.4, 0.5) is 5.69 Å². The van der Waals surface area contributed by atoms with E-state index in [1.807, 2.05) is 19.9 Å². The quantitative estimate of drug-likeness (QED) is 0.383. The number of nitro benzene ring substituents is 1. The third kappa shape index (κ3) is 1.75. The van der Waals surface area contributed by atoms with Crippen LogP contribution in [0, 0.1) is 16.0 Å². The zero-order chi connectivity index (χ0) is 9.14. The minimum absolute atomic E-state index is 0.147. The van der Waals surface area contributed by atoms with Gasteiger partial charge in [-0.1, -0.05) is 19.9 Å². The van der Waals surface area contributed by atoms with Crippen molar-refractivity contribution < 1.29 is 4.92 Å². The Balaban J connectivity index is 3.04. The van der Waals surface area contributed by atoms with Gasteiger partial charge in [0.2, 0.25) is 5.69 Å². The molecule has 0 saturated heterocycles. The molecule has 1 aromatic carbocycles. The second kappa shape index (κ2) is 3.26. The van der Waals surface area contributed by atoms with Gasteiger partial charge in [-0.15, -0.1) is 6.07 Å². The van der Waals surface area contributed by atoms with E-state index in [0.29, 0.717) is 0 Å². The van der Waals surface area contributed by atoms with Crippen LogP contribution in [0.15, 0.2) is 24.3 Å². The van der Waals surface area contributed by atoms with Gasteiger partial charge < -0.3 is 0 Å². The Morgan fingerprint density at radius 1 is 1.42 bits per heavy atom. The summed E-state index contributed by atoms with van der Waals surface area (Å²) in [6.07, 6.45) is 0. The predicted molar refractivity (Wildman–Crippen MR) is 46.8 cm³/mol. The predicted octanol–water partition coefficient (Wildman–Crippen LogP) is 2.56.